The minimum Gasteiger partial charge on any atom is -0.314 e. The summed E-state index contributed by atoms with van der Waals surface area (Å²) in [5.41, 5.74) is -2.40. The minimum atomic E-state index is -4.39. The Bertz CT molecular complexity index is 1050. The second kappa shape index (κ2) is 8.13. The molecule has 142 valence electrons. The quantitative estimate of drug-likeness (QED) is 0.616. The van der Waals surface area contributed by atoms with Crippen LogP contribution in [0.25, 0.3) is 0 Å². The van der Waals surface area contributed by atoms with Gasteiger partial charge in [-0.1, -0.05) is 26.2 Å². The lowest BCUT2D eigenvalue weighted by molar-refractivity contribution is 0.549. The predicted molar refractivity (Wildman–Crippen MR) is 95.8 cm³/mol. The molecule has 0 saturated carbocycles. The number of anilines is 1. The number of aromatic amines is 1. The molecule has 0 aliphatic rings. The van der Waals surface area contributed by atoms with Crippen LogP contribution in [0, 0.1) is 0 Å². The van der Waals surface area contributed by atoms with Crippen molar-refractivity contribution in [3.05, 3.63) is 49.8 Å². The molecule has 0 fully saturated rings. The molecular formula is C15H21N5O5S. The summed E-state index contributed by atoms with van der Waals surface area (Å²) in [6.07, 6.45) is 7.17. The van der Waals surface area contributed by atoms with Gasteiger partial charge in [-0.05, 0) is 6.42 Å². The first-order valence-electron chi connectivity index (χ1n) is 8.14. The van der Waals surface area contributed by atoms with E-state index < -0.39 is 37.5 Å². The normalized spacial score (nSPS) is 11.5. The fraction of sp³-hybridized carbons (Fsp3) is 0.467. The van der Waals surface area contributed by atoms with Gasteiger partial charge in [0.05, 0.1) is 0 Å². The Morgan fingerprint density at radius 2 is 1.92 bits per heavy atom. The number of nitrogens with zero attached hydrogens (tertiary/aromatic N) is 3. The zero-order chi connectivity index (χ0) is 19.3. The fourth-order valence-corrected chi connectivity index (χ4v) is 3.37. The molecule has 10 nitrogen and oxygen atoms in total. The fourth-order valence-electron chi connectivity index (χ4n) is 2.31. The van der Waals surface area contributed by atoms with Crippen LogP contribution in [0.1, 0.15) is 32.6 Å². The molecule has 0 atom stereocenters. The van der Waals surface area contributed by atoms with Gasteiger partial charge in [0, 0.05) is 32.2 Å². The lowest BCUT2D eigenvalue weighted by Crippen LogP contribution is -2.35. The largest absolute Gasteiger partial charge is 0.328 e. The van der Waals surface area contributed by atoms with Crippen LogP contribution in [0.2, 0.25) is 0 Å². The van der Waals surface area contributed by atoms with Crippen LogP contribution >= 0.6 is 0 Å². The van der Waals surface area contributed by atoms with E-state index in [4.69, 9.17) is 0 Å². The van der Waals surface area contributed by atoms with E-state index >= 15 is 0 Å². The van der Waals surface area contributed by atoms with E-state index in [0.29, 0.717) is 6.42 Å². The number of nitrogens with one attached hydrogen (secondary N) is 2. The second-order valence-electron chi connectivity index (χ2n) is 5.80. The Hall–Kier alpha value is -2.69. The number of hydrogen-bond acceptors (Lipinski definition) is 6. The van der Waals surface area contributed by atoms with Gasteiger partial charge in [-0.2, -0.15) is 0 Å². The van der Waals surface area contributed by atoms with Crippen LogP contribution in [0.5, 0.6) is 0 Å². The maximum absolute atomic E-state index is 12.5. The molecule has 11 heteroatoms. The van der Waals surface area contributed by atoms with Crippen molar-refractivity contribution in [2.75, 3.05) is 4.72 Å². The summed E-state index contributed by atoms with van der Waals surface area (Å²) in [4.78, 5) is 40.8. The van der Waals surface area contributed by atoms with E-state index in [0.717, 1.165) is 34.6 Å². The van der Waals surface area contributed by atoms with E-state index in [1.54, 1.807) is 0 Å². The van der Waals surface area contributed by atoms with Crippen LogP contribution in [0.15, 0.2) is 37.9 Å². The molecule has 2 aromatic rings. The summed E-state index contributed by atoms with van der Waals surface area (Å²) in [5, 5.41) is 0. The van der Waals surface area contributed by atoms with Gasteiger partial charge in [-0.15, -0.1) is 0 Å². The lowest BCUT2D eigenvalue weighted by Gasteiger charge is -2.09. The van der Waals surface area contributed by atoms with Gasteiger partial charge in [0.15, 0.2) is 4.90 Å². The average molecular weight is 383 g/mol. The highest BCUT2D eigenvalue weighted by Gasteiger charge is 2.22. The van der Waals surface area contributed by atoms with E-state index in [1.165, 1.54) is 19.4 Å². The summed E-state index contributed by atoms with van der Waals surface area (Å²) in [5.74, 6) is -0.435. The number of hydrogen-bond donors (Lipinski definition) is 2. The number of rotatable bonds is 8. The number of unbranched alkanes of at least 4 members (excludes halogenated alkanes) is 3. The Morgan fingerprint density at radius 1 is 1.19 bits per heavy atom. The lowest BCUT2D eigenvalue weighted by atomic mass is 10.2. The maximum atomic E-state index is 12.5. The topological polar surface area (TPSA) is 136 Å². The number of H-pyrrole nitrogens is 1. The molecule has 2 N–H and O–H groups in total. The number of aryl methyl sites for hydroxylation is 2. The summed E-state index contributed by atoms with van der Waals surface area (Å²) in [6.45, 7) is 2.33. The third kappa shape index (κ3) is 4.48. The molecule has 2 rings (SSSR count). The molecule has 0 radical (unpaired) electrons. The number of aromatic nitrogens is 4. The number of sulfonamides is 1. The zero-order valence-corrected chi connectivity index (χ0v) is 15.4. The molecular weight excluding hydrogens is 362 g/mol. The SMILES string of the molecule is CCCCCCn1cc(S(=O)(=O)Nc2nccn(C)c2=O)c(=O)[nH]c1=O. The van der Waals surface area contributed by atoms with Crippen LogP contribution in [0.3, 0.4) is 0 Å². The third-order valence-electron chi connectivity index (χ3n) is 3.77. The zero-order valence-electron chi connectivity index (χ0n) is 14.6. The van der Waals surface area contributed by atoms with Crippen molar-refractivity contribution in [3.63, 3.8) is 0 Å². The second-order valence-corrected chi connectivity index (χ2v) is 7.45. The first-order valence-corrected chi connectivity index (χ1v) is 9.63. The molecule has 0 bridgehead atoms. The van der Waals surface area contributed by atoms with E-state index in [-0.39, 0.29) is 6.54 Å². The van der Waals surface area contributed by atoms with Crippen LogP contribution in [-0.2, 0) is 23.6 Å². The molecule has 0 spiro atoms. The molecule has 0 aliphatic carbocycles. The highest BCUT2D eigenvalue weighted by atomic mass is 32.2. The summed E-state index contributed by atoms with van der Waals surface area (Å²) >= 11 is 0. The molecule has 0 saturated heterocycles. The summed E-state index contributed by atoms with van der Waals surface area (Å²) in [6, 6.07) is 0. The highest BCUT2D eigenvalue weighted by molar-refractivity contribution is 7.92. The summed E-state index contributed by atoms with van der Waals surface area (Å²) < 4.78 is 29.3. The Morgan fingerprint density at radius 3 is 2.62 bits per heavy atom. The predicted octanol–water partition coefficient (Wildman–Crippen LogP) is 0.0114. The van der Waals surface area contributed by atoms with E-state index in [9.17, 15) is 22.8 Å². The molecule has 0 aromatic carbocycles. The molecule has 0 unspecified atom stereocenters. The van der Waals surface area contributed by atoms with Gasteiger partial charge < -0.3 is 4.57 Å². The van der Waals surface area contributed by atoms with Crippen molar-refractivity contribution < 1.29 is 8.42 Å². The van der Waals surface area contributed by atoms with Gasteiger partial charge in [0.2, 0.25) is 5.82 Å². The van der Waals surface area contributed by atoms with Crippen molar-refractivity contribution >= 4 is 15.8 Å². The Labute approximate surface area is 149 Å². The van der Waals surface area contributed by atoms with Gasteiger partial charge in [0.1, 0.15) is 0 Å². The van der Waals surface area contributed by atoms with Crippen molar-refractivity contribution in [1.82, 2.24) is 19.1 Å². The van der Waals surface area contributed by atoms with Crippen molar-refractivity contribution in [2.45, 2.75) is 44.0 Å². The van der Waals surface area contributed by atoms with Crippen molar-refractivity contribution in [3.8, 4) is 0 Å². The van der Waals surface area contributed by atoms with Gasteiger partial charge in [-0.3, -0.25) is 23.9 Å². The Balaban J connectivity index is 2.36. The first kappa shape index (κ1) is 19.6. The highest BCUT2D eigenvalue weighted by Crippen LogP contribution is 2.07. The van der Waals surface area contributed by atoms with Gasteiger partial charge in [0.25, 0.3) is 21.1 Å². The molecule has 0 aliphatic heterocycles. The average Bonchev–Trinajstić information content (AvgIpc) is 2.57. The minimum absolute atomic E-state index is 0.281. The maximum Gasteiger partial charge on any atom is 0.328 e. The molecule has 0 amide bonds. The summed E-state index contributed by atoms with van der Waals surface area (Å²) in [7, 11) is -2.95. The van der Waals surface area contributed by atoms with Crippen LogP contribution in [-0.4, -0.2) is 27.5 Å². The third-order valence-corrected chi connectivity index (χ3v) is 5.10. The van der Waals surface area contributed by atoms with Gasteiger partial charge in [-0.25, -0.2) is 18.2 Å². The molecule has 2 heterocycles. The smallest absolute Gasteiger partial charge is 0.314 e. The van der Waals surface area contributed by atoms with Crippen molar-refractivity contribution in [2.24, 2.45) is 7.05 Å². The standard InChI is InChI=1S/C15H21N5O5S/c1-3-4-5-6-8-20-10-11(13(21)17-15(20)23)26(24,25)18-12-14(22)19(2)9-7-16-12/h7,9-10H,3-6,8H2,1-2H3,(H,16,18)(H,17,21,23). The monoisotopic (exact) mass is 383 g/mol. The van der Waals surface area contributed by atoms with Crippen LogP contribution in [0.4, 0.5) is 5.82 Å². The Kier molecular flexibility index (Phi) is 6.14. The van der Waals surface area contributed by atoms with Crippen molar-refractivity contribution in [1.29, 1.82) is 0 Å². The molecule has 26 heavy (non-hydrogen) atoms. The van der Waals surface area contributed by atoms with Crippen LogP contribution < -0.4 is 21.5 Å². The van der Waals surface area contributed by atoms with E-state index in [1.807, 2.05) is 16.6 Å². The van der Waals surface area contributed by atoms with Gasteiger partial charge >= 0.3 is 5.69 Å². The first-order chi connectivity index (χ1) is 12.3. The molecule has 2 aromatic heterocycles. The van der Waals surface area contributed by atoms with E-state index in [2.05, 4.69) is 4.98 Å².